The molecule has 9 heteroatoms. The van der Waals surface area contributed by atoms with Gasteiger partial charge >= 0.3 is 0 Å². The highest BCUT2D eigenvalue weighted by Gasteiger charge is 2.20. The first-order valence-corrected chi connectivity index (χ1v) is 12.0. The standard InChI is InChI=1S/C23H26Cl2N4O2S/c1-14(2)12-29-22(18-10-9-16(24)11-19(18)25)27-28-23(29)32-13-21(30)26-15(3)17-7-5-6-8-20(17)31-4/h5-11,14-15H,12-13H2,1-4H3,(H,26,30). The Morgan fingerprint density at radius 3 is 2.59 bits per heavy atom. The lowest BCUT2D eigenvalue weighted by Crippen LogP contribution is -2.28. The average molecular weight is 493 g/mol. The van der Waals surface area contributed by atoms with Gasteiger partial charge in [0.1, 0.15) is 5.75 Å². The molecule has 0 saturated carbocycles. The van der Waals surface area contributed by atoms with Crippen LogP contribution in [0.2, 0.25) is 10.0 Å². The minimum absolute atomic E-state index is 0.0985. The van der Waals surface area contributed by atoms with Gasteiger partial charge in [-0.15, -0.1) is 10.2 Å². The molecule has 0 aliphatic carbocycles. The lowest BCUT2D eigenvalue weighted by molar-refractivity contribution is -0.119. The summed E-state index contributed by atoms with van der Waals surface area (Å²) in [4.78, 5) is 12.6. The van der Waals surface area contributed by atoms with E-state index < -0.39 is 0 Å². The molecule has 32 heavy (non-hydrogen) atoms. The predicted molar refractivity (Wildman–Crippen MR) is 131 cm³/mol. The van der Waals surface area contributed by atoms with Crippen LogP contribution in [0.25, 0.3) is 11.4 Å². The Balaban J connectivity index is 1.74. The molecule has 0 aliphatic heterocycles. The van der Waals surface area contributed by atoms with Crippen molar-refractivity contribution in [2.75, 3.05) is 12.9 Å². The van der Waals surface area contributed by atoms with Crippen molar-refractivity contribution in [3.63, 3.8) is 0 Å². The number of methoxy groups -OCH3 is 1. The molecular weight excluding hydrogens is 467 g/mol. The topological polar surface area (TPSA) is 69.0 Å². The lowest BCUT2D eigenvalue weighted by atomic mass is 10.1. The Kier molecular flexibility index (Phi) is 8.45. The highest BCUT2D eigenvalue weighted by molar-refractivity contribution is 7.99. The lowest BCUT2D eigenvalue weighted by Gasteiger charge is -2.17. The third-order valence-corrected chi connectivity index (χ3v) is 6.27. The fourth-order valence-electron chi connectivity index (χ4n) is 3.31. The number of rotatable bonds is 9. The normalized spacial score (nSPS) is 12.1. The number of hydrogen-bond acceptors (Lipinski definition) is 5. The van der Waals surface area contributed by atoms with Crippen LogP contribution in [-0.2, 0) is 11.3 Å². The maximum Gasteiger partial charge on any atom is 0.230 e. The van der Waals surface area contributed by atoms with E-state index in [1.165, 1.54) is 11.8 Å². The number of nitrogens with one attached hydrogen (secondary N) is 1. The fourth-order valence-corrected chi connectivity index (χ4v) is 4.56. The quantitative estimate of drug-likeness (QED) is 0.377. The summed E-state index contributed by atoms with van der Waals surface area (Å²) >= 11 is 13.8. The summed E-state index contributed by atoms with van der Waals surface area (Å²) in [7, 11) is 1.62. The SMILES string of the molecule is COc1ccccc1C(C)NC(=O)CSc1nnc(-c2ccc(Cl)cc2Cl)n1CC(C)C. The second kappa shape index (κ2) is 11.1. The van der Waals surface area contributed by atoms with Gasteiger partial charge in [-0.05, 0) is 37.1 Å². The summed E-state index contributed by atoms with van der Waals surface area (Å²) in [6.07, 6.45) is 0. The van der Waals surface area contributed by atoms with Gasteiger partial charge in [0.25, 0.3) is 0 Å². The van der Waals surface area contributed by atoms with Crippen LogP contribution in [0, 0.1) is 5.92 Å². The number of benzene rings is 2. The third-order valence-electron chi connectivity index (χ3n) is 4.75. The van der Waals surface area contributed by atoms with Crippen LogP contribution in [0.15, 0.2) is 47.6 Å². The van der Waals surface area contributed by atoms with E-state index in [4.69, 9.17) is 27.9 Å². The van der Waals surface area contributed by atoms with E-state index in [1.807, 2.05) is 41.8 Å². The number of aromatic nitrogens is 3. The Bertz CT molecular complexity index is 1090. The van der Waals surface area contributed by atoms with Gasteiger partial charge in [-0.2, -0.15) is 0 Å². The van der Waals surface area contributed by atoms with Gasteiger partial charge in [-0.1, -0.05) is 67.0 Å². The van der Waals surface area contributed by atoms with Crippen molar-refractivity contribution in [2.45, 2.75) is 38.5 Å². The van der Waals surface area contributed by atoms with Crippen LogP contribution >= 0.6 is 35.0 Å². The van der Waals surface area contributed by atoms with Crippen LogP contribution in [0.3, 0.4) is 0 Å². The minimum atomic E-state index is -0.184. The van der Waals surface area contributed by atoms with Gasteiger partial charge in [0.05, 0.1) is 23.9 Å². The van der Waals surface area contributed by atoms with Gasteiger partial charge < -0.3 is 14.6 Å². The maximum atomic E-state index is 12.6. The summed E-state index contributed by atoms with van der Waals surface area (Å²) in [6, 6.07) is 12.8. The van der Waals surface area contributed by atoms with Gasteiger partial charge in [0.15, 0.2) is 11.0 Å². The molecule has 0 spiro atoms. The van der Waals surface area contributed by atoms with Crippen LogP contribution in [0.1, 0.15) is 32.4 Å². The number of ether oxygens (including phenoxy) is 1. The molecule has 6 nitrogen and oxygen atoms in total. The van der Waals surface area contributed by atoms with E-state index >= 15 is 0 Å². The van der Waals surface area contributed by atoms with E-state index in [2.05, 4.69) is 29.4 Å². The Morgan fingerprint density at radius 2 is 1.91 bits per heavy atom. The maximum absolute atomic E-state index is 12.6. The number of carbonyl (C=O) groups is 1. The largest absolute Gasteiger partial charge is 0.496 e. The highest BCUT2D eigenvalue weighted by Crippen LogP contribution is 2.32. The molecule has 3 aromatic rings. The van der Waals surface area contributed by atoms with Crippen molar-refractivity contribution < 1.29 is 9.53 Å². The summed E-state index contributed by atoms with van der Waals surface area (Å²) in [5.74, 6) is 1.87. The average Bonchev–Trinajstić information content (AvgIpc) is 3.13. The molecule has 0 fully saturated rings. The first kappa shape index (κ1) is 24.4. The smallest absolute Gasteiger partial charge is 0.230 e. The number of nitrogens with zero attached hydrogens (tertiary/aromatic N) is 3. The van der Waals surface area contributed by atoms with Gasteiger partial charge in [0.2, 0.25) is 5.91 Å². The Labute approximate surface area is 202 Å². The summed E-state index contributed by atoms with van der Waals surface area (Å²) in [5.41, 5.74) is 1.68. The molecule has 0 radical (unpaired) electrons. The zero-order valence-electron chi connectivity index (χ0n) is 18.4. The Morgan fingerprint density at radius 1 is 1.16 bits per heavy atom. The number of hydrogen-bond donors (Lipinski definition) is 1. The first-order valence-electron chi connectivity index (χ1n) is 10.2. The second-order valence-electron chi connectivity index (χ2n) is 7.75. The molecule has 0 bridgehead atoms. The van der Waals surface area contributed by atoms with Crippen LogP contribution < -0.4 is 10.1 Å². The van der Waals surface area contributed by atoms with E-state index in [-0.39, 0.29) is 17.7 Å². The number of halogens is 2. The van der Waals surface area contributed by atoms with Crippen molar-refractivity contribution in [1.29, 1.82) is 0 Å². The Hall–Kier alpha value is -2.22. The second-order valence-corrected chi connectivity index (χ2v) is 9.54. The number of para-hydroxylation sites is 1. The van der Waals surface area contributed by atoms with Crippen molar-refractivity contribution in [2.24, 2.45) is 5.92 Å². The van der Waals surface area contributed by atoms with Gasteiger partial charge in [0, 0.05) is 22.7 Å². The molecule has 1 heterocycles. The first-order chi connectivity index (χ1) is 15.3. The molecule has 0 aliphatic rings. The predicted octanol–water partition coefficient (Wildman–Crippen LogP) is 5.89. The van der Waals surface area contributed by atoms with E-state index in [1.54, 1.807) is 19.2 Å². The molecule has 1 amide bonds. The molecule has 1 N–H and O–H groups in total. The van der Waals surface area contributed by atoms with Crippen molar-refractivity contribution in [1.82, 2.24) is 20.1 Å². The highest BCUT2D eigenvalue weighted by atomic mass is 35.5. The van der Waals surface area contributed by atoms with Crippen LogP contribution in [0.4, 0.5) is 0 Å². The van der Waals surface area contributed by atoms with E-state index in [0.717, 1.165) is 16.9 Å². The van der Waals surface area contributed by atoms with E-state index in [0.29, 0.717) is 33.5 Å². The monoisotopic (exact) mass is 492 g/mol. The van der Waals surface area contributed by atoms with Gasteiger partial charge in [-0.25, -0.2) is 0 Å². The van der Waals surface area contributed by atoms with Crippen LogP contribution in [-0.4, -0.2) is 33.5 Å². The number of carbonyl (C=O) groups excluding carboxylic acids is 1. The van der Waals surface area contributed by atoms with Gasteiger partial charge in [-0.3, -0.25) is 4.79 Å². The zero-order chi connectivity index (χ0) is 23.3. The van der Waals surface area contributed by atoms with Crippen molar-refractivity contribution in [3.05, 3.63) is 58.1 Å². The molecule has 3 rings (SSSR count). The molecule has 170 valence electrons. The van der Waals surface area contributed by atoms with Crippen molar-refractivity contribution >= 4 is 40.9 Å². The molecule has 0 saturated heterocycles. The summed E-state index contributed by atoms with van der Waals surface area (Å²) < 4.78 is 7.40. The van der Waals surface area contributed by atoms with Crippen LogP contribution in [0.5, 0.6) is 5.75 Å². The zero-order valence-corrected chi connectivity index (χ0v) is 20.8. The molecule has 1 aromatic heterocycles. The van der Waals surface area contributed by atoms with E-state index in [9.17, 15) is 4.79 Å². The summed E-state index contributed by atoms with van der Waals surface area (Å²) in [6.45, 7) is 6.86. The van der Waals surface area contributed by atoms with Crippen molar-refractivity contribution in [3.8, 4) is 17.1 Å². The molecule has 1 atom stereocenters. The molecule has 2 aromatic carbocycles. The number of amides is 1. The summed E-state index contributed by atoms with van der Waals surface area (Å²) in [5, 5.41) is 13.4. The molecule has 1 unspecified atom stereocenters. The number of thioether (sulfide) groups is 1. The minimum Gasteiger partial charge on any atom is -0.496 e. The third kappa shape index (κ3) is 5.97. The molecular formula is C23H26Cl2N4O2S. The fraction of sp³-hybridized carbons (Fsp3) is 0.348.